The van der Waals surface area contributed by atoms with E-state index in [9.17, 15) is 9.59 Å². The van der Waals surface area contributed by atoms with Crippen molar-refractivity contribution in [1.82, 2.24) is 0 Å². The van der Waals surface area contributed by atoms with Crippen molar-refractivity contribution in [2.75, 3.05) is 7.11 Å². The second kappa shape index (κ2) is 8.35. The fourth-order valence-electron chi connectivity index (χ4n) is 1.99. The van der Waals surface area contributed by atoms with Gasteiger partial charge >= 0.3 is 11.9 Å². The second-order valence-electron chi connectivity index (χ2n) is 4.83. The molecule has 0 N–H and O–H groups in total. The Kier molecular flexibility index (Phi) is 5.93. The SMILES string of the molecule is C=C(C(=O)OC)C(OC(=O)C#Cc1ccccc1)c1ccccc1. The lowest BCUT2D eigenvalue weighted by atomic mass is 10.0. The zero-order valence-electron chi connectivity index (χ0n) is 13.2. The first kappa shape index (κ1) is 17.0. The minimum Gasteiger partial charge on any atom is -0.466 e. The Bertz CT molecular complexity index is 783. The molecule has 0 spiro atoms. The van der Waals surface area contributed by atoms with E-state index in [-0.39, 0.29) is 5.57 Å². The summed E-state index contributed by atoms with van der Waals surface area (Å²) in [6.45, 7) is 3.67. The van der Waals surface area contributed by atoms with Crippen LogP contribution in [0.15, 0.2) is 72.8 Å². The summed E-state index contributed by atoms with van der Waals surface area (Å²) < 4.78 is 9.99. The molecule has 0 heterocycles. The summed E-state index contributed by atoms with van der Waals surface area (Å²) in [5.41, 5.74) is 1.33. The van der Waals surface area contributed by atoms with Crippen LogP contribution in [0.5, 0.6) is 0 Å². The van der Waals surface area contributed by atoms with Crippen molar-refractivity contribution in [3.05, 3.63) is 83.9 Å². The largest absolute Gasteiger partial charge is 0.466 e. The first-order valence-corrected chi connectivity index (χ1v) is 7.21. The average molecular weight is 320 g/mol. The third-order valence-corrected chi connectivity index (χ3v) is 3.17. The van der Waals surface area contributed by atoms with Gasteiger partial charge in [-0.25, -0.2) is 9.59 Å². The Balaban J connectivity index is 2.19. The topological polar surface area (TPSA) is 52.6 Å². The number of carbonyl (C=O) groups excluding carboxylic acids is 2. The van der Waals surface area contributed by atoms with Crippen molar-refractivity contribution >= 4 is 11.9 Å². The summed E-state index contributed by atoms with van der Waals surface area (Å²) in [5.74, 6) is 3.72. The summed E-state index contributed by atoms with van der Waals surface area (Å²) >= 11 is 0. The van der Waals surface area contributed by atoms with Gasteiger partial charge in [-0.1, -0.05) is 61.0 Å². The van der Waals surface area contributed by atoms with Crippen LogP contribution in [-0.2, 0) is 19.1 Å². The number of hydrogen-bond acceptors (Lipinski definition) is 4. The van der Waals surface area contributed by atoms with Crippen LogP contribution in [0.1, 0.15) is 17.2 Å². The van der Waals surface area contributed by atoms with E-state index < -0.39 is 18.0 Å². The van der Waals surface area contributed by atoms with Gasteiger partial charge in [-0.05, 0) is 17.7 Å². The predicted octanol–water partition coefficient (Wildman–Crippen LogP) is 3.05. The number of methoxy groups -OCH3 is 1. The van der Waals surface area contributed by atoms with Gasteiger partial charge in [0.15, 0.2) is 6.10 Å². The lowest BCUT2D eigenvalue weighted by molar-refractivity contribution is -0.144. The molecule has 0 aliphatic rings. The molecular weight excluding hydrogens is 304 g/mol. The van der Waals surface area contributed by atoms with Crippen LogP contribution in [0.2, 0.25) is 0 Å². The van der Waals surface area contributed by atoms with Crippen molar-refractivity contribution in [2.45, 2.75) is 6.10 Å². The van der Waals surface area contributed by atoms with E-state index in [1.807, 2.05) is 24.3 Å². The number of esters is 2. The van der Waals surface area contributed by atoms with Crippen LogP contribution in [0, 0.1) is 11.8 Å². The maximum atomic E-state index is 12.0. The van der Waals surface area contributed by atoms with Gasteiger partial charge < -0.3 is 9.47 Å². The molecule has 0 bridgehead atoms. The van der Waals surface area contributed by atoms with Gasteiger partial charge in [0, 0.05) is 11.5 Å². The summed E-state index contributed by atoms with van der Waals surface area (Å²) in [7, 11) is 1.24. The van der Waals surface area contributed by atoms with Crippen molar-refractivity contribution in [1.29, 1.82) is 0 Å². The van der Waals surface area contributed by atoms with Gasteiger partial charge in [0.2, 0.25) is 0 Å². The van der Waals surface area contributed by atoms with Crippen LogP contribution in [-0.4, -0.2) is 19.0 Å². The molecule has 0 amide bonds. The van der Waals surface area contributed by atoms with Gasteiger partial charge in [0.25, 0.3) is 0 Å². The number of rotatable bonds is 4. The van der Waals surface area contributed by atoms with Crippen molar-refractivity contribution in [2.24, 2.45) is 0 Å². The molecule has 2 aromatic rings. The lowest BCUT2D eigenvalue weighted by Crippen LogP contribution is -2.18. The standard InChI is InChI=1S/C20H16O4/c1-15(20(22)23-2)19(17-11-7-4-8-12-17)24-18(21)14-13-16-9-5-3-6-10-16/h3-12,19H,1H2,2H3. The van der Waals surface area contributed by atoms with Gasteiger partial charge in [0.1, 0.15) is 0 Å². The molecule has 4 heteroatoms. The predicted molar refractivity (Wildman–Crippen MR) is 89.8 cm³/mol. The quantitative estimate of drug-likeness (QED) is 0.493. The highest BCUT2D eigenvalue weighted by molar-refractivity contribution is 5.92. The molecule has 24 heavy (non-hydrogen) atoms. The Morgan fingerprint density at radius 2 is 1.58 bits per heavy atom. The molecule has 2 aromatic carbocycles. The van der Waals surface area contributed by atoms with E-state index in [0.717, 1.165) is 0 Å². The summed E-state index contributed by atoms with van der Waals surface area (Å²) in [5, 5.41) is 0. The molecule has 0 radical (unpaired) electrons. The minimum atomic E-state index is -0.948. The molecule has 4 nitrogen and oxygen atoms in total. The van der Waals surface area contributed by atoms with Crippen LogP contribution < -0.4 is 0 Å². The number of ether oxygens (including phenoxy) is 2. The fourth-order valence-corrected chi connectivity index (χ4v) is 1.99. The van der Waals surface area contributed by atoms with Crippen molar-refractivity contribution in [3.63, 3.8) is 0 Å². The van der Waals surface area contributed by atoms with Crippen molar-refractivity contribution < 1.29 is 19.1 Å². The van der Waals surface area contributed by atoms with E-state index in [1.165, 1.54) is 7.11 Å². The fraction of sp³-hybridized carbons (Fsp3) is 0.100. The molecule has 0 aromatic heterocycles. The normalized spacial score (nSPS) is 10.7. The van der Waals surface area contributed by atoms with E-state index in [0.29, 0.717) is 11.1 Å². The van der Waals surface area contributed by atoms with Crippen molar-refractivity contribution in [3.8, 4) is 11.8 Å². The molecule has 2 rings (SSSR count). The minimum absolute atomic E-state index is 0.0264. The first-order valence-electron chi connectivity index (χ1n) is 7.21. The number of carbonyl (C=O) groups is 2. The van der Waals surface area contributed by atoms with E-state index in [1.54, 1.807) is 36.4 Å². The van der Waals surface area contributed by atoms with Crippen LogP contribution in [0.25, 0.3) is 0 Å². The Morgan fingerprint density at radius 3 is 2.17 bits per heavy atom. The molecule has 0 aliphatic heterocycles. The van der Waals surface area contributed by atoms with E-state index in [4.69, 9.17) is 4.74 Å². The van der Waals surface area contributed by atoms with Crippen LogP contribution in [0.4, 0.5) is 0 Å². The first-order chi connectivity index (χ1) is 11.6. The molecular formula is C20H16O4. The van der Waals surface area contributed by atoms with E-state index >= 15 is 0 Å². The van der Waals surface area contributed by atoms with Crippen LogP contribution >= 0.6 is 0 Å². The highest BCUT2D eigenvalue weighted by atomic mass is 16.6. The second-order valence-corrected chi connectivity index (χ2v) is 4.83. The average Bonchev–Trinajstić information content (AvgIpc) is 2.64. The van der Waals surface area contributed by atoms with Gasteiger partial charge in [-0.15, -0.1) is 0 Å². The highest BCUT2D eigenvalue weighted by Crippen LogP contribution is 2.25. The van der Waals surface area contributed by atoms with Gasteiger partial charge in [-0.2, -0.15) is 0 Å². The zero-order valence-corrected chi connectivity index (χ0v) is 13.2. The van der Waals surface area contributed by atoms with Gasteiger partial charge in [-0.3, -0.25) is 0 Å². The molecule has 0 aliphatic carbocycles. The molecule has 120 valence electrons. The molecule has 0 fully saturated rings. The summed E-state index contributed by atoms with van der Waals surface area (Å²) in [4.78, 5) is 23.8. The third-order valence-electron chi connectivity index (χ3n) is 3.17. The Morgan fingerprint density at radius 1 is 1.00 bits per heavy atom. The number of benzene rings is 2. The number of hydrogen-bond donors (Lipinski definition) is 0. The monoisotopic (exact) mass is 320 g/mol. The van der Waals surface area contributed by atoms with Crippen LogP contribution in [0.3, 0.4) is 0 Å². The summed E-state index contributed by atoms with van der Waals surface area (Å²) in [6, 6.07) is 17.9. The Labute approximate surface area is 140 Å². The van der Waals surface area contributed by atoms with Gasteiger partial charge in [0.05, 0.1) is 12.7 Å². The lowest BCUT2D eigenvalue weighted by Gasteiger charge is -2.17. The molecule has 1 unspecified atom stereocenters. The maximum absolute atomic E-state index is 12.0. The maximum Gasteiger partial charge on any atom is 0.385 e. The Hall–Kier alpha value is -3.32. The molecule has 1 atom stereocenters. The molecule has 0 saturated heterocycles. The molecule has 0 saturated carbocycles. The zero-order chi connectivity index (χ0) is 17.4. The third kappa shape index (κ3) is 4.59. The highest BCUT2D eigenvalue weighted by Gasteiger charge is 2.24. The smallest absolute Gasteiger partial charge is 0.385 e. The van der Waals surface area contributed by atoms with E-state index in [2.05, 4.69) is 23.2 Å². The summed E-state index contributed by atoms with van der Waals surface area (Å²) in [6.07, 6.45) is -0.948.